The fraction of sp³-hybridized carbons (Fsp3) is 0.250. The van der Waals surface area contributed by atoms with Crippen molar-refractivity contribution in [2.45, 2.75) is 33.0 Å². The molecule has 0 spiro atoms. The Hall–Kier alpha value is -2.30. The van der Waals surface area contributed by atoms with Gasteiger partial charge in [0, 0.05) is 12.6 Å². The summed E-state index contributed by atoms with van der Waals surface area (Å²) in [6, 6.07) is 23.2. The molecule has 146 valence electrons. The summed E-state index contributed by atoms with van der Waals surface area (Å²) < 4.78 is 12.5. The summed E-state index contributed by atoms with van der Waals surface area (Å²) in [5, 5.41) is 3.56. The first-order chi connectivity index (χ1) is 13.6. The Balaban J connectivity index is 1.67. The first-order valence-electron chi connectivity index (χ1n) is 9.40. The average Bonchev–Trinajstić information content (AvgIpc) is 2.72. The molecule has 3 rings (SSSR count). The van der Waals surface area contributed by atoms with Gasteiger partial charge < -0.3 is 14.8 Å². The van der Waals surface area contributed by atoms with Crippen molar-refractivity contribution in [1.29, 1.82) is 0 Å². The molecule has 0 aliphatic carbocycles. The SMILES string of the molecule is COc1cc(CN[C@H](C)c2ccccc2)cc(Br)c1OCc1ccc(C)cc1. The van der Waals surface area contributed by atoms with Crippen molar-refractivity contribution in [3.63, 3.8) is 0 Å². The highest BCUT2D eigenvalue weighted by molar-refractivity contribution is 9.10. The Kier molecular flexibility index (Phi) is 7.12. The quantitative estimate of drug-likeness (QED) is 0.453. The van der Waals surface area contributed by atoms with Gasteiger partial charge in [-0.1, -0.05) is 60.2 Å². The number of benzene rings is 3. The van der Waals surface area contributed by atoms with E-state index in [1.54, 1.807) is 7.11 Å². The molecule has 0 saturated carbocycles. The second kappa shape index (κ2) is 9.76. The Morgan fingerprint density at radius 2 is 1.68 bits per heavy atom. The van der Waals surface area contributed by atoms with Gasteiger partial charge in [-0.05, 0) is 58.6 Å². The Bertz CT molecular complexity index is 894. The van der Waals surface area contributed by atoms with Crippen LogP contribution in [0.15, 0.2) is 71.2 Å². The summed E-state index contributed by atoms with van der Waals surface area (Å²) in [6.07, 6.45) is 0. The molecule has 0 aliphatic rings. The van der Waals surface area contributed by atoms with Gasteiger partial charge in [0.1, 0.15) is 6.61 Å². The molecule has 28 heavy (non-hydrogen) atoms. The van der Waals surface area contributed by atoms with Crippen LogP contribution in [0.5, 0.6) is 11.5 Å². The summed E-state index contributed by atoms with van der Waals surface area (Å²) in [7, 11) is 1.67. The van der Waals surface area contributed by atoms with E-state index in [0.717, 1.165) is 33.6 Å². The van der Waals surface area contributed by atoms with Crippen LogP contribution in [-0.2, 0) is 13.2 Å². The van der Waals surface area contributed by atoms with Crippen LogP contribution in [0, 0.1) is 6.92 Å². The van der Waals surface area contributed by atoms with Crippen LogP contribution in [0.2, 0.25) is 0 Å². The van der Waals surface area contributed by atoms with E-state index >= 15 is 0 Å². The van der Waals surface area contributed by atoms with Gasteiger partial charge in [0.25, 0.3) is 0 Å². The largest absolute Gasteiger partial charge is 0.493 e. The summed E-state index contributed by atoms with van der Waals surface area (Å²) in [6.45, 7) is 5.48. The number of hydrogen-bond donors (Lipinski definition) is 1. The molecular weight excluding hydrogens is 414 g/mol. The van der Waals surface area contributed by atoms with E-state index in [1.165, 1.54) is 11.1 Å². The number of aryl methyl sites for hydroxylation is 1. The van der Waals surface area contributed by atoms with Crippen LogP contribution in [-0.4, -0.2) is 7.11 Å². The van der Waals surface area contributed by atoms with E-state index in [0.29, 0.717) is 6.61 Å². The molecule has 0 saturated heterocycles. The highest BCUT2D eigenvalue weighted by Crippen LogP contribution is 2.37. The van der Waals surface area contributed by atoms with Crippen LogP contribution < -0.4 is 14.8 Å². The van der Waals surface area contributed by atoms with E-state index in [-0.39, 0.29) is 6.04 Å². The first kappa shape index (κ1) is 20.4. The maximum atomic E-state index is 6.04. The maximum Gasteiger partial charge on any atom is 0.175 e. The van der Waals surface area contributed by atoms with Crippen molar-refractivity contribution < 1.29 is 9.47 Å². The number of methoxy groups -OCH3 is 1. The highest BCUT2D eigenvalue weighted by atomic mass is 79.9. The van der Waals surface area contributed by atoms with Gasteiger partial charge in [0.15, 0.2) is 11.5 Å². The minimum Gasteiger partial charge on any atom is -0.493 e. The molecule has 3 nitrogen and oxygen atoms in total. The van der Waals surface area contributed by atoms with Crippen molar-refractivity contribution >= 4 is 15.9 Å². The van der Waals surface area contributed by atoms with E-state index in [9.17, 15) is 0 Å². The first-order valence-corrected chi connectivity index (χ1v) is 10.2. The third kappa shape index (κ3) is 5.37. The number of ether oxygens (including phenoxy) is 2. The van der Waals surface area contributed by atoms with Crippen molar-refractivity contribution in [3.05, 3.63) is 93.5 Å². The topological polar surface area (TPSA) is 30.5 Å². The van der Waals surface area contributed by atoms with Gasteiger partial charge in [0.05, 0.1) is 11.6 Å². The van der Waals surface area contributed by atoms with Crippen molar-refractivity contribution in [3.8, 4) is 11.5 Å². The third-order valence-corrected chi connectivity index (χ3v) is 5.29. The van der Waals surface area contributed by atoms with Gasteiger partial charge >= 0.3 is 0 Å². The van der Waals surface area contributed by atoms with Crippen LogP contribution in [0.4, 0.5) is 0 Å². The van der Waals surface area contributed by atoms with E-state index in [1.807, 2.05) is 12.1 Å². The Morgan fingerprint density at radius 3 is 2.36 bits per heavy atom. The monoisotopic (exact) mass is 439 g/mol. The van der Waals surface area contributed by atoms with Gasteiger partial charge in [-0.3, -0.25) is 0 Å². The number of halogens is 1. The van der Waals surface area contributed by atoms with Crippen LogP contribution >= 0.6 is 15.9 Å². The molecule has 0 amide bonds. The molecule has 3 aromatic rings. The molecule has 4 heteroatoms. The Labute approximate surface area is 175 Å². The van der Waals surface area contributed by atoms with Gasteiger partial charge in [-0.2, -0.15) is 0 Å². The second-order valence-corrected chi connectivity index (χ2v) is 7.75. The zero-order chi connectivity index (χ0) is 19.9. The minimum absolute atomic E-state index is 0.267. The van der Waals surface area contributed by atoms with Crippen molar-refractivity contribution in [2.75, 3.05) is 7.11 Å². The lowest BCUT2D eigenvalue weighted by molar-refractivity contribution is 0.282. The maximum absolute atomic E-state index is 6.04. The second-order valence-electron chi connectivity index (χ2n) is 6.90. The van der Waals surface area contributed by atoms with Crippen LogP contribution in [0.25, 0.3) is 0 Å². The zero-order valence-electron chi connectivity index (χ0n) is 16.5. The molecule has 0 heterocycles. The predicted octanol–water partition coefficient (Wildman–Crippen LogP) is 6.20. The summed E-state index contributed by atoms with van der Waals surface area (Å²) in [4.78, 5) is 0. The van der Waals surface area contributed by atoms with Crippen LogP contribution in [0.1, 0.15) is 35.2 Å². The number of hydrogen-bond acceptors (Lipinski definition) is 3. The normalized spacial score (nSPS) is 11.9. The third-order valence-electron chi connectivity index (χ3n) is 4.70. The minimum atomic E-state index is 0.267. The molecule has 0 fully saturated rings. The molecule has 0 aliphatic heterocycles. The molecular formula is C24H26BrNO2. The van der Waals surface area contributed by atoms with Gasteiger partial charge in [0.2, 0.25) is 0 Å². The summed E-state index contributed by atoms with van der Waals surface area (Å²) >= 11 is 3.64. The zero-order valence-corrected chi connectivity index (χ0v) is 18.1. The van der Waals surface area contributed by atoms with E-state index < -0.39 is 0 Å². The summed E-state index contributed by atoms with van der Waals surface area (Å²) in [5.41, 5.74) is 4.77. The lowest BCUT2D eigenvalue weighted by Gasteiger charge is -2.17. The fourth-order valence-electron chi connectivity index (χ4n) is 2.99. The predicted molar refractivity (Wildman–Crippen MR) is 118 cm³/mol. The van der Waals surface area contributed by atoms with Crippen LogP contribution in [0.3, 0.4) is 0 Å². The number of nitrogens with one attached hydrogen (secondary N) is 1. The number of rotatable bonds is 8. The standard InChI is InChI=1S/C24H26BrNO2/c1-17-9-11-19(12-10-17)16-28-24-22(25)13-20(14-23(24)27-3)15-26-18(2)21-7-5-4-6-8-21/h4-14,18,26H,15-16H2,1-3H3/t18-/m1/s1. The summed E-state index contributed by atoms with van der Waals surface area (Å²) in [5.74, 6) is 1.45. The molecule has 0 radical (unpaired) electrons. The fourth-order valence-corrected chi connectivity index (χ4v) is 3.59. The van der Waals surface area contributed by atoms with Gasteiger partial charge in [-0.25, -0.2) is 0 Å². The smallest absolute Gasteiger partial charge is 0.175 e. The highest BCUT2D eigenvalue weighted by Gasteiger charge is 2.13. The molecule has 0 bridgehead atoms. The Morgan fingerprint density at radius 1 is 0.964 bits per heavy atom. The molecule has 1 atom stereocenters. The van der Waals surface area contributed by atoms with E-state index in [2.05, 4.69) is 89.7 Å². The molecule has 3 aromatic carbocycles. The van der Waals surface area contributed by atoms with E-state index in [4.69, 9.17) is 9.47 Å². The van der Waals surface area contributed by atoms with Gasteiger partial charge in [-0.15, -0.1) is 0 Å². The average molecular weight is 440 g/mol. The molecule has 1 N–H and O–H groups in total. The lowest BCUT2D eigenvalue weighted by Crippen LogP contribution is -2.18. The van der Waals surface area contributed by atoms with Crippen molar-refractivity contribution in [2.24, 2.45) is 0 Å². The molecule has 0 unspecified atom stereocenters. The van der Waals surface area contributed by atoms with Crippen molar-refractivity contribution in [1.82, 2.24) is 5.32 Å². The lowest BCUT2D eigenvalue weighted by atomic mass is 10.1. The molecule has 0 aromatic heterocycles.